The quantitative estimate of drug-likeness (QED) is 0.832. The summed E-state index contributed by atoms with van der Waals surface area (Å²) in [5.74, 6) is 2.01. The van der Waals surface area contributed by atoms with Crippen LogP contribution in [0.3, 0.4) is 0 Å². The van der Waals surface area contributed by atoms with Gasteiger partial charge in [0.05, 0.1) is 6.54 Å². The second-order valence-electron chi connectivity index (χ2n) is 7.04. The molecule has 4 rings (SSSR count). The third kappa shape index (κ3) is 3.06. The molecule has 128 valence electrons. The van der Waals surface area contributed by atoms with E-state index in [2.05, 4.69) is 27.3 Å². The van der Waals surface area contributed by atoms with E-state index in [4.69, 9.17) is 4.52 Å². The molecule has 5 nitrogen and oxygen atoms in total. The molecule has 0 saturated carbocycles. The van der Waals surface area contributed by atoms with Gasteiger partial charge in [0.15, 0.2) is 5.78 Å². The summed E-state index contributed by atoms with van der Waals surface area (Å²) in [6.07, 6.45) is 6.17. The van der Waals surface area contributed by atoms with Crippen molar-refractivity contribution in [1.29, 1.82) is 0 Å². The maximum absolute atomic E-state index is 12.4. The molecular formula is C20H21N3O2. The van der Waals surface area contributed by atoms with Gasteiger partial charge in [0, 0.05) is 29.7 Å². The number of nitrogens with zero attached hydrogens (tertiary/aromatic N) is 3. The molecular weight excluding hydrogens is 314 g/mol. The first-order valence-electron chi connectivity index (χ1n) is 8.82. The van der Waals surface area contributed by atoms with Gasteiger partial charge in [0.25, 0.3) is 0 Å². The largest absolute Gasteiger partial charge is 0.339 e. The van der Waals surface area contributed by atoms with Gasteiger partial charge >= 0.3 is 0 Å². The molecule has 1 aliphatic carbocycles. The number of aryl methyl sites for hydroxylation is 1. The standard InChI is InChI=1S/C20H21N3O2/c1-12(2)20-22-19(23-25-20)15-5-6-17-13(9-15)3-4-14(17)10-18(24)16-7-8-21-11-16/h5-7,9,11-12,14H,3-4,8,10H2,1-2H3/t14-/m0/s1. The molecule has 0 amide bonds. The molecule has 2 aliphatic rings. The van der Waals surface area contributed by atoms with Crippen LogP contribution in [0.4, 0.5) is 0 Å². The van der Waals surface area contributed by atoms with Crippen LogP contribution < -0.4 is 0 Å². The Balaban J connectivity index is 1.53. The number of aliphatic imine (C=N–C) groups is 1. The van der Waals surface area contributed by atoms with Crippen LogP contribution in [0.1, 0.15) is 55.5 Å². The number of carbonyl (C=O) groups is 1. The maximum atomic E-state index is 12.4. The molecule has 2 aromatic rings. The summed E-state index contributed by atoms with van der Waals surface area (Å²) >= 11 is 0. The molecule has 0 spiro atoms. The molecule has 0 saturated heterocycles. The topological polar surface area (TPSA) is 68.3 Å². The van der Waals surface area contributed by atoms with Crippen LogP contribution in [0.25, 0.3) is 11.4 Å². The Hall–Kier alpha value is -2.56. The number of allylic oxidation sites excluding steroid dienone is 1. The Labute approximate surface area is 146 Å². The first-order valence-corrected chi connectivity index (χ1v) is 8.82. The van der Waals surface area contributed by atoms with Crippen molar-refractivity contribution in [3.05, 3.63) is 46.9 Å². The first-order chi connectivity index (χ1) is 12.1. The highest BCUT2D eigenvalue weighted by Gasteiger charge is 2.26. The zero-order valence-corrected chi connectivity index (χ0v) is 14.5. The van der Waals surface area contributed by atoms with E-state index in [0.29, 0.717) is 30.6 Å². The summed E-state index contributed by atoms with van der Waals surface area (Å²) in [7, 11) is 0. The third-order valence-electron chi connectivity index (χ3n) is 4.94. The molecule has 0 radical (unpaired) electrons. The fourth-order valence-electron chi connectivity index (χ4n) is 3.53. The smallest absolute Gasteiger partial charge is 0.229 e. The number of benzene rings is 1. The molecule has 5 heteroatoms. The number of ketones is 1. The van der Waals surface area contributed by atoms with Gasteiger partial charge in [0.2, 0.25) is 11.7 Å². The van der Waals surface area contributed by atoms with E-state index in [-0.39, 0.29) is 11.7 Å². The van der Waals surface area contributed by atoms with Crippen molar-refractivity contribution in [2.45, 2.75) is 44.9 Å². The minimum Gasteiger partial charge on any atom is -0.339 e. The van der Waals surface area contributed by atoms with Crippen molar-refractivity contribution in [3.63, 3.8) is 0 Å². The normalized spacial score (nSPS) is 18.7. The number of hydrogen-bond donors (Lipinski definition) is 0. The lowest BCUT2D eigenvalue weighted by atomic mass is 9.93. The fourth-order valence-corrected chi connectivity index (χ4v) is 3.53. The molecule has 0 unspecified atom stereocenters. The molecule has 1 aromatic heterocycles. The van der Waals surface area contributed by atoms with Crippen molar-refractivity contribution < 1.29 is 9.32 Å². The van der Waals surface area contributed by atoms with Crippen LogP contribution in [-0.2, 0) is 11.2 Å². The highest BCUT2D eigenvalue weighted by atomic mass is 16.5. The predicted molar refractivity (Wildman–Crippen MR) is 96.0 cm³/mol. The molecule has 0 bridgehead atoms. The van der Waals surface area contributed by atoms with Crippen LogP contribution in [0.2, 0.25) is 0 Å². The predicted octanol–water partition coefficient (Wildman–Crippen LogP) is 3.86. The average molecular weight is 335 g/mol. The van der Waals surface area contributed by atoms with Crippen molar-refractivity contribution in [2.75, 3.05) is 6.54 Å². The average Bonchev–Trinajstić information content (AvgIpc) is 3.35. The van der Waals surface area contributed by atoms with E-state index in [1.54, 1.807) is 6.21 Å². The van der Waals surface area contributed by atoms with Crippen LogP contribution in [-0.4, -0.2) is 28.7 Å². The Morgan fingerprint density at radius 2 is 2.24 bits per heavy atom. The number of rotatable bonds is 5. The van der Waals surface area contributed by atoms with Gasteiger partial charge in [-0.3, -0.25) is 9.79 Å². The zero-order valence-electron chi connectivity index (χ0n) is 14.5. The maximum Gasteiger partial charge on any atom is 0.229 e. The van der Waals surface area contributed by atoms with E-state index in [1.165, 1.54) is 11.1 Å². The Kier molecular flexibility index (Phi) is 4.07. The molecule has 1 aliphatic heterocycles. The van der Waals surface area contributed by atoms with Gasteiger partial charge in [-0.25, -0.2) is 0 Å². The first kappa shape index (κ1) is 15.9. The van der Waals surface area contributed by atoms with Crippen molar-refractivity contribution in [2.24, 2.45) is 4.99 Å². The van der Waals surface area contributed by atoms with Crippen molar-refractivity contribution >= 4 is 12.0 Å². The fraction of sp³-hybridized carbons (Fsp3) is 0.400. The number of carbonyl (C=O) groups excluding carboxylic acids is 1. The summed E-state index contributed by atoms with van der Waals surface area (Å²) in [5, 5.41) is 4.09. The Morgan fingerprint density at radius 3 is 2.96 bits per heavy atom. The zero-order chi connectivity index (χ0) is 17.4. The van der Waals surface area contributed by atoms with Gasteiger partial charge in [-0.05, 0) is 36.0 Å². The van der Waals surface area contributed by atoms with Crippen LogP contribution in [0.15, 0.2) is 39.4 Å². The number of hydrogen-bond acceptors (Lipinski definition) is 5. The lowest BCUT2D eigenvalue weighted by Gasteiger charge is -2.11. The van der Waals surface area contributed by atoms with Crippen LogP contribution in [0, 0.1) is 0 Å². The molecule has 25 heavy (non-hydrogen) atoms. The van der Waals surface area contributed by atoms with E-state index in [9.17, 15) is 4.79 Å². The summed E-state index contributed by atoms with van der Waals surface area (Å²) in [6.45, 7) is 4.70. The number of aromatic nitrogens is 2. The monoisotopic (exact) mass is 335 g/mol. The lowest BCUT2D eigenvalue weighted by Crippen LogP contribution is -2.07. The minimum absolute atomic E-state index is 0.197. The van der Waals surface area contributed by atoms with Crippen LogP contribution >= 0.6 is 0 Å². The highest BCUT2D eigenvalue weighted by molar-refractivity contribution is 6.14. The van der Waals surface area contributed by atoms with Crippen molar-refractivity contribution in [1.82, 2.24) is 10.1 Å². The minimum atomic E-state index is 0.197. The van der Waals surface area contributed by atoms with Gasteiger partial charge in [-0.2, -0.15) is 4.98 Å². The molecule has 0 N–H and O–H groups in total. The summed E-state index contributed by atoms with van der Waals surface area (Å²) in [6, 6.07) is 6.30. The number of Topliss-reactive ketones (excluding diaryl/α,β-unsaturated/α-hetero) is 1. The van der Waals surface area contributed by atoms with Gasteiger partial charge < -0.3 is 4.52 Å². The van der Waals surface area contributed by atoms with E-state index in [1.807, 2.05) is 26.0 Å². The molecule has 1 atom stereocenters. The van der Waals surface area contributed by atoms with Gasteiger partial charge in [-0.1, -0.05) is 37.2 Å². The van der Waals surface area contributed by atoms with Crippen LogP contribution in [0.5, 0.6) is 0 Å². The summed E-state index contributed by atoms with van der Waals surface area (Å²) in [4.78, 5) is 20.9. The van der Waals surface area contributed by atoms with Crippen molar-refractivity contribution in [3.8, 4) is 11.4 Å². The summed E-state index contributed by atoms with van der Waals surface area (Å²) < 4.78 is 5.31. The molecule has 2 heterocycles. The second kappa shape index (κ2) is 6.39. The third-order valence-corrected chi connectivity index (χ3v) is 4.94. The van der Waals surface area contributed by atoms with E-state index < -0.39 is 0 Å². The Bertz CT molecular complexity index is 877. The molecule has 1 aromatic carbocycles. The highest BCUT2D eigenvalue weighted by Crippen LogP contribution is 2.38. The van der Waals surface area contributed by atoms with E-state index in [0.717, 1.165) is 24.0 Å². The van der Waals surface area contributed by atoms with Gasteiger partial charge in [-0.15, -0.1) is 0 Å². The number of fused-ring (bicyclic) bond motifs is 1. The Morgan fingerprint density at radius 1 is 1.36 bits per heavy atom. The molecule has 0 fully saturated rings. The van der Waals surface area contributed by atoms with Gasteiger partial charge in [0.1, 0.15) is 0 Å². The SMILES string of the molecule is CC(C)c1nc(-c2ccc3c(c2)CC[C@H]3CC(=O)C2=CCN=C2)no1. The second-order valence-corrected chi connectivity index (χ2v) is 7.04. The lowest BCUT2D eigenvalue weighted by molar-refractivity contribution is -0.115. The van der Waals surface area contributed by atoms with E-state index >= 15 is 0 Å². The summed E-state index contributed by atoms with van der Waals surface area (Å²) in [5.41, 5.74) is 4.31.